The van der Waals surface area contributed by atoms with Crippen molar-refractivity contribution in [3.8, 4) is 5.75 Å². The number of piperazine rings is 1. The van der Waals surface area contributed by atoms with E-state index in [1.54, 1.807) is 0 Å². The molecule has 1 aromatic rings. The molecule has 1 heterocycles. The number of hydrogen-bond acceptors (Lipinski definition) is 4. The molecule has 0 aliphatic carbocycles. The van der Waals surface area contributed by atoms with E-state index in [4.69, 9.17) is 10.5 Å². The van der Waals surface area contributed by atoms with Gasteiger partial charge in [0.15, 0.2) is 0 Å². The quantitative estimate of drug-likeness (QED) is 0.838. The highest BCUT2D eigenvalue weighted by atomic mass is 16.5. The molecule has 0 radical (unpaired) electrons. The molecule has 0 atom stereocenters. The summed E-state index contributed by atoms with van der Waals surface area (Å²) in [5.41, 5.74) is 6.93. The molecule has 2 rings (SSSR count). The molecule has 3 N–H and O–H groups in total. The lowest BCUT2D eigenvalue weighted by Crippen LogP contribution is -2.42. The second kappa shape index (κ2) is 6.37. The number of ether oxygens (including phenoxy) is 1. The summed E-state index contributed by atoms with van der Waals surface area (Å²) >= 11 is 0. The van der Waals surface area contributed by atoms with Gasteiger partial charge in [-0.15, -0.1) is 0 Å². The second-order valence-corrected chi connectivity index (χ2v) is 5.95. The number of hydrogen-bond donors (Lipinski definition) is 2. The van der Waals surface area contributed by atoms with E-state index >= 15 is 0 Å². The Labute approximate surface area is 115 Å². The van der Waals surface area contributed by atoms with E-state index < -0.39 is 0 Å². The standard InChI is InChI=1S/C15H25N3O/c1-15(2,16)12-19-14-5-3-4-13(10-14)11-18-8-6-17-7-9-18/h3-5,10,17H,6-9,11-12,16H2,1-2H3. The van der Waals surface area contributed by atoms with Crippen molar-refractivity contribution in [3.05, 3.63) is 29.8 Å². The Morgan fingerprint density at radius 1 is 1.32 bits per heavy atom. The molecule has 1 aliphatic heterocycles. The molecule has 0 spiro atoms. The van der Waals surface area contributed by atoms with E-state index in [0.717, 1.165) is 38.5 Å². The van der Waals surface area contributed by atoms with Crippen molar-refractivity contribution in [3.63, 3.8) is 0 Å². The van der Waals surface area contributed by atoms with Crippen molar-refractivity contribution in [1.29, 1.82) is 0 Å². The zero-order valence-corrected chi connectivity index (χ0v) is 12.0. The summed E-state index contributed by atoms with van der Waals surface area (Å²) in [4.78, 5) is 2.46. The molecule has 0 unspecified atom stereocenters. The Bertz CT molecular complexity index is 395. The van der Waals surface area contributed by atoms with Gasteiger partial charge in [0.05, 0.1) is 0 Å². The number of nitrogens with one attached hydrogen (secondary N) is 1. The molecule has 1 aromatic carbocycles. The van der Waals surface area contributed by atoms with E-state index in [1.807, 2.05) is 19.9 Å². The fourth-order valence-corrected chi connectivity index (χ4v) is 2.13. The van der Waals surface area contributed by atoms with Crippen molar-refractivity contribution in [2.45, 2.75) is 25.9 Å². The van der Waals surface area contributed by atoms with Gasteiger partial charge in [-0.1, -0.05) is 12.1 Å². The molecular formula is C15H25N3O. The molecule has 0 bridgehead atoms. The summed E-state index contributed by atoms with van der Waals surface area (Å²) in [5.74, 6) is 0.908. The number of nitrogens with zero attached hydrogens (tertiary/aromatic N) is 1. The summed E-state index contributed by atoms with van der Waals surface area (Å²) in [6.45, 7) is 9.85. The Morgan fingerprint density at radius 2 is 2.05 bits per heavy atom. The third-order valence-corrected chi connectivity index (χ3v) is 3.13. The van der Waals surface area contributed by atoms with Crippen LogP contribution in [0.1, 0.15) is 19.4 Å². The Kier molecular flexibility index (Phi) is 4.80. The lowest BCUT2D eigenvalue weighted by molar-refractivity contribution is 0.230. The lowest BCUT2D eigenvalue weighted by Gasteiger charge is -2.27. The number of benzene rings is 1. The molecule has 1 aliphatic rings. The van der Waals surface area contributed by atoms with Crippen LogP contribution in [-0.4, -0.2) is 43.2 Å². The second-order valence-electron chi connectivity index (χ2n) is 5.95. The fraction of sp³-hybridized carbons (Fsp3) is 0.600. The normalized spacial score (nSPS) is 17.4. The molecule has 19 heavy (non-hydrogen) atoms. The maximum absolute atomic E-state index is 5.93. The average Bonchev–Trinajstić information content (AvgIpc) is 2.37. The van der Waals surface area contributed by atoms with E-state index in [9.17, 15) is 0 Å². The predicted molar refractivity (Wildman–Crippen MR) is 78.4 cm³/mol. The molecule has 1 fully saturated rings. The topological polar surface area (TPSA) is 50.5 Å². The summed E-state index contributed by atoms with van der Waals surface area (Å²) in [6, 6.07) is 8.32. The highest BCUT2D eigenvalue weighted by Crippen LogP contribution is 2.16. The molecular weight excluding hydrogens is 238 g/mol. The minimum atomic E-state index is -0.297. The van der Waals surface area contributed by atoms with Crippen LogP contribution in [0.3, 0.4) is 0 Å². The van der Waals surface area contributed by atoms with Crippen LogP contribution in [0.2, 0.25) is 0 Å². The van der Waals surface area contributed by atoms with Gasteiger partial charge in [0, 0.05) is 38.3 Å². The maximum Gasteiger partial charge on any atom is 0.119 e. The molecule has 4 nitrogen and oxygen atoms in total. The van der Waals surface area contributed by atoms with E-state index in [-0.39, 0.29) is 5.54 Å². The van der Waals surface area contributed by atoms with Crippen molar-refractivity contribution < 1.29 is 4.74 Å². The van der Waals surface area contributed by atoms with Gasteiger partial charge in [0.2, 0.25) is 0 Å². The van der Waals surface area contributed by atoms with Crippen molar-refractivity contribution in [1.82, 2.24) is 10.2 Å². The minimum Gasteiger partial charge on any atom is -0.492 e. The first-order valence-electron chi connectivity index (χ1n) is 6.97. The van der Waals surface area contributed by atoms with Crippen LogP contribution in [0.25, 0.3) is 0 Å². The first-order chi connectivity index (χ1) is 9.03. The van der Waals surface area contributed by atoms with Gasteiger partial charge in [-0.2, -0.15) is 0 Å². The zero-order chi connectivity index (χ0) is 13.7. The van der Waals surface area contributed by atoms with Crippen LogP contribution in [0.5, 0.6) is 5.75 Å². The highest BCUT2D eigenvalue weighted by Gasteiger charge is 2.12. The molecule has 1 saturated heterocycles. The molecule has 0 amide bonds. The summed E-state index contributed by atoms with van der Waals surface area (Å²) < 4.78 is 5.74. The smallest absolute Gasteiger partial charge is 0.119 e. The first kappa shape index (κ1) is 14.3. The Hall–Kier alpha value is -1.10. The van der Waals surface area contributed by atoms with Gasteiger partial charge in [-0.3, -0.25) is 4.90 Å². The molecule has 106 valence electrons. The van der Waals surface area contributed by atoms with E-state index in [1.165, 1.54) is 5.56 Å². The van der Waals surface area contributed by atoms with Crippen LogP contribution in [0.4, 0.5) is 0 Å². The number of nitrogens with two attached hydrogens (primary N) is 1. The van der Waals surface area contributed by atoms with Gasteiger partial charge >= 0.3 is 0 Å². The molecule has 0 saturated carbocycles. The van der Waals surface area contributed by atoms with Crippen LogP contribution < -0.4 is 15.8 Å². The first-order valence-corrected chi connectivity index (χ1v) is 6.97. The van der Waals surface area contributed by atoms with Crippen molar-refractivity contribution in [2.24, 2.45) is 5.73 Å². The number of rotatable bonds is 5. The largest absolute Gasteiger partial charge is 0.492 e. The van der Waals surface area contributed by atoms with Crippen LogP contribution in [0.15, 0.2) is 24.3 Å². The Balaban J connectivity index is 1.90. The zero-order valence-electron chi connectivity index (χ0n) is 12.0. The van der Waals surface area contributed by atoms with Crippen LogP contribution >= 0.6 is 0 Å². The molecule has 4 heteroatoms. The summed E-state index contributed by atoms with van der Waals surface area (Å²) in [7, 11) is 0. The Morgan fingerprint density at radius 3 is 2.74 bits per heavy atom. The van der Waals surface area contributed by atoms with E-state index in [0.29, 0.717) is 6.61 Å². The van der Waals surface area contributed by atoms with Gasteiger partial charge in [0.25, 0.3) is 0 Å². The van der Waals surface area contributed by atoms with E-state index in [2.05, 4.69) is 28.4 Å². The van der Waals surface area contributed by atoms with Gasteiger partial charge in [0.1, 0.15) is 12.4 Å². The molecule has 0 aromatic heterocycles. The van der Waals surface area contributed by atoms with Crippen molar-refractivity contribution in [2.75, 3.05) is 32.8 Å². The predicted octanol–water partition coefficient (Wildman–Crippen LogP) is 1.21. The monoisotopic (exact) mass is 263 g/mol. The lowest BCUT2D eigenvalue weighted by atomic mass is 10.1. The minimum absolute atomic E-state index is 0.297. The third kappa shape index (κ3) is 5.19. The van der Waals surface area contributed by atoms with Gasteiger partial charge in [-0.05, 0) is 31.5 Å². The highest BCUT2D eigenvalue weighted by molar-refractivity contribution is 5.28. The SMILES string of the molecule is CC(C)(N)COc1cccc(CN2CCNCC2)c1. The van der Waals surface area contributed by atoms with Crippen molar-refractivity contribution >= 4 is 0 Å². The third-order valence-electron chi connectivity index (χ3n) is 3.13. The van der Waals surface area contributed by atoms with Crippen LogP contribution in [-0.2, 0) is 6.54 Å². The van der Waals surface area contributed by atoms with Crippen LogP contribution in [0, 0.1) is 0 Å². The van der Waals surface area contributed by atoms with Gasteiger partial charge in [-0.25, -0.2) is 0 Å². The average molecular weight is 263 g/mol. The summed E-state index contributed by atoms with van der Waals surface area (Å²) in [6.07, 6.45) is 0. The summed E-state index contributed by atoms with van der Waals surface area (Å²) in [5, 5.41) is 3.37. The van der Waals surface area contributed by atoms with Gasteiger partial charge < -0.3 is 15.8 Å². The fourth-order valence-electron chi connectivity index (χ4n) is 2.13. The maximum atomic E-state index is 5.93.